The number of pyridine rings is 1. The van der Waals surface area contributed by atoms with Crippen molar-refractivity contribution in [3.63, 3.8) is 0 Å². The molecule has 48 heavy (non-hydrogen) atoms. The molecule has 1 aliphatic rings. The van der Waals surface area contributed by atoms with Crippen LogP contribution in [-0.4, -0.2) is 39.3 Å². The van der Waals surface area contributed by atoms with E-state index in [1.807, 2.05) is 44.3 Å². The van der Waals surface area contributed by atoms with E-state index < -0.39 is 11.4 Å². The quantitative estimate of drug-likeness (QED) is 0.133. The van der Waals surface area contributed by atoms with Crippen molar-refractivity contribution in [1.82, 2.24) is 14.5 Å². The van der Waals surface area contributed by atoms with E-state index in [1.54, 1.807) is 18.4 Å². The molecule has 7 rings (SSSR count). The molecule has 0 aliphatic heterocycles. The standard InChI is InChI=1S/C40H41N3O4S/c1-40(2,39(44)45)23-35-31(21-26-7-6-8-26)32-22-30(47-20-19-38-42-33-9-4-5-10-36(33)48-38)16-17-34(32)43(35)25-27-11-13-28(14-12-27)29-15-18-37(46-3)41-24-29/h4-5,9-18,22,24,26H,6-8,19-21,23,25H2,1-3H3,(H,44,45). The molecule has 1 saturated carbocycles. The largest absolute Gasteiger partial charge is 0.493 e. The van der Waals surface area contributed by atoms with Crippen molar-refractivity contribution >= 4 is 38.4 Å². The van der Waals surface area contributed by atoms with E-state index in [0.717, 1.165) is 62.4 Å². The Morgan fingerprint density at radius 1 is 1.02 bits per heavy atom. The van der Waals surface area contributed by atoms with Crippen molar-refractivity contribution in [3.8, 4) is 22.8 Å². The zero-order valence-electron chi connectivity index (χ0n) is 27.7. The molecule has 0 atom stereocenters. The number of aliphatic carboxylic acids is 1. The van der Waals surface area contributed by atoms with Gasteiger partial charge in [-0.05, 0) is 79.3 Å². The molecule has 1 aliphatic carbocycles. The third-order valence-electron chi connectivity index (χ3n) is 9.66. The van der Waals surface area contributed by atoms with Gasteiger partial charge in [0.15, 0.2) is 0 Å². The van der Waals surface area contributed by atoms with Gasteiger partial charge in [-0.3, -0.25) is 4.79 Å². The second-order valence-corrected chi connectivity index (χ2v) is 14.6. The minimum Gasteiger partial charge on any atom is -0.493 e. The average Bonchev–Trinajstić information content (AvgIpc) is 3.61. The molecule has 8 heteroatoms. The lowest BCUT2D eigenvalue weighted by atomic mass is 9.79. The van der Waals surface area contributed by atoms with Gasteiger partial charge in [-0.1, -0.05) is 55.7 Å². The number of carboxylic acid groups (broad SMARTS) is 1. The SMILES string of the molecule is COc1ccc(-c2ccc(Cn3c(CC(C)(C)C(=O)O)c(CC4CCC4)c4cc(OCCc5nc6ccccc6s5)ccc43)cc2)cn1. The van der Waals surface area contributed by atoms with Crippen LogP contribution in [-0.2, 0) is 30.6 Å². The first-order valence-corrected chi connectivity index (χ1v) is 17.5. The molecule has 0 radical (unpaired) electrons. The summed E-state index contributed by atoms with van der Waals surface area (Å²) in [6.07, 6.45) is 7.66. The Balaban J connectivity index is 1.21. The number of fused-ring (bicyclic) bond motifs is 2. The summed E-state index contributed by atoms with van der Waals surface area (Å²) in [5, 5.41) is 12.4. The summed E-state index contributed by atoms with van der Waals surface area (Å²) in [4.78, 5) is 21.6. The maximum atomic E-state index is 12.4. The van der Waals surface area contributed by atoms with Gasteiger partial charge in [-0.15, -0.1) is 11.3 Å². The number of hydrogen-bond donors (Lipinski definition) is 1. The van der Waals surface area contributed by atoms with Crippen molar-refractivity contribution in [2.75, 3.05) is 13.7 Å². The van der Waals surface area contributed by atoms with E-state index in [0.29, 0.717) is 31.4 Å². The summed E-state index contributed by atoms with van der Waals surface area (Å²) in [5.41, 5.74) is 6.86. The van der Waals surface area contributed by atoms with Crippen LogP contribution in [0.15, 0.2) is 85.1 Å². The molecule has 246 valence electrons. The smallest absolute Gasteiger partial charge is 0.309 e. The molecule has 6 aromatic rings. The molecule has 0 saturated heterocycles. The van der Waals surface area contributed by atoms with Crippen molar-refractivity contribution < 1.29 is 19.4 Å². The van der Waals surface area contributed by atoms with Crippen LogP contribution in [0.2, 0.25) is 0 Å². The summed E-state index contributed by atoms with van der Waals surface area (Å²) in [7, 11) is 1.62. The van der Waals surface area contributed by atoms with Crippen molar-refractivity contribution in [1.29, 1.82) is 0 Å². The monoisotopic (exact) mass is 659 g/mol. The van der Waals surface area contributed by atoms with Gasteiger partial charge in [0, 0.05) is 53.8 Å². The van der Waals surface area contributed by atoms with Crippen LogP contribution in [0.4, 0.5) is 0 Å². The predicted octanol–water partition coefficient (Wildman–Crippen LogP) is 8.99. The van der Waals surface area contributed by atoms with Crippen LogP contribution in [0.5, 0.6) is 11.6 Å². The van der Waals surface area contributed by atoms with Gasteiger partial charge in [0.25, 0.3) is 0 Å². The maximum absolute atomic E-state index is 12.4. The van der Waals surface area contributed by atoms with Crippen LogP contribution in [0.3, 0.4) is 0 Å². The fourth-order valence-corrected chi connectivity index (χ4v) is 7.52. The van der Waals surface area contributed by atoms with Crippen molar-refractivity contribution in [2.45, 2.75) is 58.9 Å². The van der Waals surface area contributed by atoms with E-state index in [2.05, 4.69) is 64.1 Å². The number of carboxylic acids is 1. The summed E-state index contributed by atoms with van der Waals surface area (Å²) in [5.74, 6) is 1.25. The maximum Gasteiger partial charge on any atom is 0.309 e. The second-order valence-electron chi connectivity index (χ2n) is 13.5. The lowest BCUT2D eigenvalue weighted by Gasteiger charge is -2.27. The molecule has 1 fully saturated rings. The van der Waals surface area contributed by atoms with Crippen molar-refractivity contribution in [2.24, 2.45) is 11.3 Å². The van der Waals surface area contributed by atoms with Crippen LogP contribution >= 0.6 is 11.3 Å². The number of carbonyl (C=O) groups is 1. The summed E-state index contributed by atoms with van der Waals surface area (Å²) >= 11 is 1.72. The number of rotatable bonds is 13. The summed E-state index contributed by atoms with van der Waals surface area (Å²) < 4.78 is 15.1. The Morgan fingerprint density at radius 2 is 1.81 bits per heavy atom. The van der Waals surface area contributed by atoms with Crippen LogP contribution in [0, 0.1) is 11.3 Å². The van der Waals surface area contributed by atoms with Crippen LogP contribution < -0.4 is 9.47 Å². The van der Waals surface area contributed by atoms with E-state index in [4.69, 9.17) is 14.5 Å². The Labute approximate surface area is 285 Å². The first-order valence-electron chi connectivity index (χ1n) is 16.7. The number of thiazole rings is 1. The number of hydrogen-bond acceptors (Lipinski definition) is 6. The zero-order valence-corrected chi connectivity index (χ0v) is 28.6. The number of nitrogens with zero attached hydrogens (tertiary/aromatic N) is 3. The highest BCUT2D eigenvalue weighted by Gasteiger charge is 2.32. The van der Waals surface area contributed by atoms with Gasteiger partial charge in [0.2, 0.25) is 5.88 Å². The minimum atomic E-state index is -0.914. The fourth-order valence-electron chi connectivity index (χ4n) is 6.58. The minimum absolute atomic E-state index is 0.447. The molecule has 7 nitrogen and oxygen atoms in total. The molecule has 3 aromatic carbocycles. The van der Waals surface area contributed by atoms with Crippen LogP contribution in [0.25, 0.3) is 32.2 Å². The third-order valence-corrected chi connectivity index (χ3v) is 10.8. The molecule has 0 amide bonds. The van der Waals surface area contributed by atoms with E-state index in [-0.39, 0.29) is 0 Å². The Kier molecular flexibility index (Phi) is 8.92. The van der Waals surface area contributed by atoms with Gasteiger partial charge in [-0.2, -0.15) is 0 Å². The number of aromatic nitrogens is 3. The third kappa shape index (κ3) is 6.67. The van der Waals surface area contributed by atoms with Gasteiger partial charge < -0.3 is 19.1 Å². The Bertz CT molecular complexity index is 2020. The Hall–Kier alpha value is -4.69. The Morgan fingerprint density at radius 3 is 2.50 bits per heavy atom. The molecular formula is C40H41N3O4S. The number of benzene rings is 3. The lowest BCUT2D eigenvalue weighted by molar-refractivity contribution is -0.146. The molecule has 0 bridgehead atoms. The van der Waals surface area contributed by atoms with E-state index in [1.165, 1.54) is 29.5 Å². The van der Waals surface area contributed by atoms with E-state index in [9.17, 15) is 9.90 Å². The van der Waals surface area contributed by atoms with Gasteiger partial charge in [-0.25, -0.2) is 9.97 Å². The molecule has 3 aromatic heterocycles. The molecule has 1 N–H and O–H groups in total. The van der Waals surface area contributed by atoms with Gasteiger partial charge in [0.1, 0.15) is 5.75 Å². The summed E-state index contributed by atoms with van der Waals surface area (Å²) in [6.45, 7) is 4.85. The first-order chi connectivity index (χ1) is 23.3. The average molecular weight is 660 g/mol. The summed E-state index contributed by atoms with van der Waals surface area (Å²) in [6, 6.07) is 27.0. The van der Waals surface area contributed by atoms with Crippen LogP contribution in [0.1, 0.15) is 54.9 Å². The van der Waals surface area contributed by atoms with Crippen molar-refractivity contribution in [3.05, 3.63) is 107 Å². The topological polar surface area (TPSA) is 86.5 Å². The van der Waals surface area contributed by atoms with Gasteiger partial charge in [0.05, 0.1) is 34.4 Å². The number of methoxy groups -OCH3 is 1. The zero-order chi connectivity index (χ0) is 33.3. The van der Waals surface area contributed by atoms with Gasteiger partial charge >= 0.3 is 5.97 Å². The molecule has 0 spiro atoms. The fraction of sp³-hybridized carbons (Fsp3) is 0.325. The highest BCUT2D eigenvalue weighted by atomic mass is 32.1. The normalized spacial score (nSPS) is 13.6. The lowest BCUT2D eigenvalue weighted by Crippen LogP contribution is -2.28. The first kappa shape index (κ1) is 31.9. The number of para-hydroxylation sites is 1. The predicted molar refractivity (Wildman–Crippen MR) is 192 cm³/mol. The highest BCUT2D eigenvalue weighted by Crippen LogP contribution is 2.39. The highest BCUT2D eigenvalue weighted by molar-refractivity contribution is 7.18. The molecule has 3 heterocycles. The van der Waals surface area contributed by atoms with E-state index >= 15 is 0 Å². The second kappa shape index (κ2) is 13.4. The number of ether oxygens (including phenoxy) is 2. The molecule has 0 unspecified atom stereocenters. The molecular weight excluding hydrogens is 619 g/mol.